The van der Waals surface area contributed by atoms with Crippen molar-refractivity contribution in [2.24, 2.45) is 17.4 Å². The van der Waals surface area contributed by atoms with Gasteiger partial charge in [-0.15, -0.1) is 0 Å². The maximum absolute atomic E-state index is 11.6. The average molecular weight is 381 g/mol. The van der Waals surface area contributed by atoms with Crippen LogP contribution in [0.25, 0.3) is 0 Å². The van der Waals surface area contributed by atoms with Gasteiger partial charge < -0.3 is 32.5 Å². The summed E-state index contributed by atoms with van der Waals surface area (Å²) in [5.74, 6) is -0.652. The van der Waals surface area contributed by atoms with Crippen molar-refractivity contribution in [1.82, 2.24) is 10.6 Å². The number of carbonyl (C=O) groups excluding carboxylic acids is 3. The van der Waals surface area contributed by atoms with E-state index in [2.05, 4.69) is 16.0 Å². The van der Waals surface area contributed by atoms with Crippen molar-refractivity contribution < 1.29 is 19.5 Å². The highest BCUT2D eigenvalue weighted by molar-refractivity contribution is 5.95. The van der Waals surface area contributed by atoms with Crippen molar-refractivity contribution in [3.63, 3.8) is 0 Å². The number of urea groups is 1. The maximum atomic E-state index is 11.6. The van der Waals surface area contributed by atoms with Crippen LogP contribution in [0.2, 0.25) is 0 Å². The highest BCUT2D eigenvalue weighted by atomic mass is 16.3. The normalized spacial score (nSPS) is 11.0. The van der Waals surface area contributed by atoms with Gasteiger partial charge in [0, 0.05) is 12.2 Å². The number of nitrogens with one attached hydrogen (secondary N) is 3. The van der Waals surface area contributed by atoms with Gasteiger partial charge in [0.2, 0.25) is 11.8 Å². The average Bonchev–Trinajstić information content (AvgIpc) is 2.64. The van der Waals surface area contributed by atoms with Crippen LogP contribution in [0.3, 0.4) is 0 Å². The number of aliphatic hydroxyl groups is 1. The van der Waals surface area contributed by atoms with Gasteiger partial charge in [0.1, 0.15) is 0 Å². The summed E-state index contributed by atoms with van der Waals surface area (Å²) in [6.45, 7) is 6.16. The molecule has 1 atom stereocenters. The molecule has 0 bridgehead atoms. The Hall–Kier alpha value is -2.65. The fraction of sp³-hybridized carbons (Fsp3) is 0.500. The Balaban J connectivity index is 0.000000821. The predicted molar refractivity (Wildman–Crippen MR) is 105 cm³/mol. The van der Waals surface area contributed by atoms with E-state index in [0.717, 1.165) is 12.0 Å². The molecule has 0 heterocycles. The van der Waals surface area contributed by atoms with Crippen LogP contribution in [-0.4, -0.2) is 42.1 Å². The van der Waals surface area contributed by atoms with Crippen molar-refractivity contribution in [3.05, 3.63) is 29.8 Å². The first-order chi connectivity index (χ1) is 12.7. The Morgan fingerprint density at radius 2 is 1.70 bits per heavy atom. The first kappa shape index (κ1) is 24.4. The molecule has 4 amide bonds. The lowest BCUT2D eigenvalue weighted by Gasteiger charge is -2.15. The Bertz CT molecular complexity index is 590. The smallest absolute Gasteiger partial charge is 0.312 e. The molecular weight excluding hydrogens is 350 g/mol. The zero-order valence-corrected chi connectivity index (χ0v) is 16.1. The van der Waals surface area contributed by atoms with Crippen LogP contribution >= 0.6 is 0 Å². The molecule has 0 saturated carbocycles. The first-order valence-electron chi connectivity index (χ1n) is 8.77. The molecular formula is C18H31N5O4. The number of amides is 4. The van der Waals surface area contributed by atoms with E-state index in [1.807, 2.05) is 20.8 Å². The molecule has 1 aromatic carbocycles. The van der Waals surface area contributed by atoms with Crippen LogP contribution < -0.4 is 27.4 Å². The molecule has 1 rings (SSSR count). The molecule has 9 nitrogen and oxygen atoms in total. The monoisotopic (exact) mass is 381 g/mol. The zero-order chi connectivity index (χ0) is 20.8. The second-order valence-corrected chi connectivity index (χ2v) is 6.18. The molecule has 1 aromatic rings. The minimum Gasteiger partial charge on any atom is -0.392 e. The van der Waals surface area contributed by atoms with E-state index < -0.39 is 12.1 Å². The maximum Gasteiger partial charge on any atom is 0.312 e. The summed E-state index contributed by atoms with van der Waals surface area (Å²) in [6, 6.07) is 5.73. The molecule has 9 heteroatoms. The van der Waals surface area contributed by atoms with Gasteiger partial charge in [-0.2, -0.15) is 0 Å². The predicted octanol–water partition coefficient (Wildman–Crippen LogP) is 0.282. The van der Waals surface area contributed by atoms with Crippen LogP contribution in [0.15, 0.2) is 24.3 Å². The molecule has 27 heavy (non-hydrogen) atoms. The molecule has 0 radical (unpaired) electrons. The largest absolute Gasteiger partial charge is 0.392 e. The fourth-order valence-electron chi connectivity index (χ4n) is 1.73. The van der Waals surface area contributed by atoms with E-state index in [-0.39, 0.29) is 30.9 Å². The van der Waals surface area contributed by atoms with Crippen LogP contribution in [-0.2, 0) is 16.2 Å². The third-order valence-electron chi connectivity index (χ3n) is 3.41. The van der Waals surface area contributed by atoms with Gasteiger partial charge >= 0.3 is 6.03 Å². The Labute approximate surface area is 159 Å². The third-order valence-corrected chi connectivity index (χ3v) is 3.41. The number of benzene rings is 1. The van der Waals surface area contributed by atoms with E-state index in [9.17, 15) is 14.4 Å². The second kappa shape index (κ2) is 13.5. The van der Waals surface area contributed by atoms with Gasteiger partial charge in [-0.3, -0.25) is 9.59 Å². The summed E-state index contributed by atoms with van der Waals surface area (Å²) in [5, 5.41) is 16.5. The highest BCUT2D eigenvalue weighted by Crippen LogP contribution is 2.09. The Morgan fingerprint density at radius 1 is 1.11 bits per heavy atom. The number of carbonyl (C=O) groups is 3. The Morgan fingerprint density at radius 3 is 2.11 bits per heavy atom. The van der Waals surface area contributed by atoms with E-state index in [0.29, 0.717) is 12.2 Å². The number of nitrogens with two attached hydrogens (primary N) is 2. The lowest BCUT2D eigenvalue weighted by molar-refractivity contribution is -0.125. The standard InChI is InChI=1S/C14H21N3O3.C4H10N2O/c1-9(2)13(15)14(20)16-7-12(19)17-11-5-3-10(8-18)4-6-11;1-2-3-6-4(5)7/h3-6,9,13,18H,7-8,15H2,1-2H3,(H,16,20)(H,17,19);2-3H2,1H3,(H3,5,6,7). The summed E-state index contributed by atoms with van der Waals surface area (Å²) in [6.07, 6.45) is 0.933. The lowest BCUT2D eigenvalue weighted by atomic mass is 10.1. The lowest BCUT2D eigenvalue weighted by Crippen LogP contribution is -2.46. The molecule has 0 aliphatic carbocycles. The second-order valence-electron chi connectivity index (χ2n) is 6.18. The molecule has 0 aromatic heterocycles. The molecule has 0 saturated heterocycles. The van der Waals surface area contributed by atoms with Crippen LogP contribution in [0.1, 0.15) is 32.8 Å². The zero-order valence-electron chi connectivity index (χ0n) is 16.1. The molecule has 8 N–H and O–H groups in total. The van der Waals surface area contributed by atoms with E-state index in [1.165, 1.54) is 0 Å². The third kappa shape index (κ3) is 11.6. The molecule has 1 unspecified atom stereocenters. The number of aliphatic hydroxyl groups excluding tert-OH is 1. The minimum absolute atomic E-state index is 0.0177. The van der Waals surface area contributed by atoms with Crippen molar-refractivity contribution in [3.8, 4) is 0 Å². The topological polar surface area (TPSA) is 160 Å². The van der Waals surface area contributed by atoms with E-state index in [4.69, 9.17) is 16.6 Å². The Kier molecular flexibility index (Phi) is 12.2. The van der Waals surface area contributed by atoms with Crippen LogP contribution in [0.4, 0.5) is 10.5 Å². The fourth-order valence-corrected chi connectivity index (χ4v) is 1.73. The van der Waals surface area contributed by atoms with Gasteiger partial charge in [-0.05, 0) is 30.0 Å². The molecule has 0 spiro atoms. The summed E-state index contributed by atoms with van der Waals surface area (Å²) < 4.78 is 0. The summed E-state index contributed by atoms with van der Waals surface area (Å²) in [4.78, 5) is 33.1. The summed E-state index contributed by atoms with van der Waals surface area (Å²) in [5.41, 5.74) is 11.8. The number of primary amides is 1. The summed E-state index contributed by atoms with van der Waals surface area (Å²) in [7, 11) is 0. The number of hydrogen-bond acceptors (Lipinski definition) is 5. The molecule has 152 valence electrons. The van der Waals surface area contributed by atoms with E-state index in [1.54, 1.807) is 24.3 Å². The van der Waals surface area contributed by atoms with Gasteiger partial charge in [0.25, 0.3) is 0 Å². The quantitative estimate of drug-likeness (QED) is 0.381. The van der Waals surface area contributed by atoms with Gasteiger partial charge in [-0.25, -0.2) is 4.79 Å². The number of anilines is 1. The molecule has 0 fully saturated rings. The van der Waals surface area contributed by atoms with Gasteiger partial charge in [0.15, 0.2) is 0 Å². The van der Waals surface area contributed by atoms with Crippen LogP contribution in [0.5, 0.6) is 0 Å². The SMILES string of the molecule is CC(C)C(N)C(=O)NCC(=O)Nc1ccc(CO)cc1.CCCNC(N)=O. The van der Waals surface area contributed by atoms with E-state index >= 15 is 0 Å². The van der Waals surface area contributed by atoms with Crippen molar-refractivity contribution in [2.75, 3.05) is 18.4 Å². The molecule has 0 aliphatic rings. The molecule has 0 aliphatic heterocycles. The first-order valence-corrected chi connectivity index (χ1v) is 8.77. The minimum atomic E-state index is -0.619. The number of hydrogen-bond donors (Lipinski definition) is 6. The van der Waals surface area contributed by atoms with Crippen molar-refractivity contribution >= 4 is 23.5 Å². The van der Waals surface area contributed by atoms with Gasteiger partial charge in [-0.1, -0.05) is 32.9 Å². The summed E-state index contributed by atoms with van der Waals surface area (Å²) >= 11 is 0. The van der Waals surface area contributed by atoms with Crippen LogP contribution in [0, 0.1) is 5.92 Å². The van der Waals surface area contributed by atoms with Crippen molar-refractivity contribution in [1.29, 1.82) is 0 Å². The van der Waals surface area contributed by atoms with Gasteiger partial charge in [0.05, 0.1) is 19.2 Å². The van der Waals surface area contributed by atoms with Crippen molar-refractivity contribution in [2.45, 2.75) is 39.8 Å². The number of rotatable bonds is 8. The highest BCUT2D eigenvalue weighted by Gasteiger charge is 2.17.